The van der Waals surface area contributed by atoms with E-state index in [4.69, 9.17) is 4.52 Å². The molecule has 0 N–H and O–H groups in total. The smallest absolute Gasteiger partial charge is 0.259 e. The van der Waals surface area contributed by atoms with Gasteiger partial charge in [-0.3, -0.25) is 4.98 Å². The zero-order valence-corrected chi connectivity index (χ0v) is 14.8. The molecular formula is C18H16FN3O3S. The molecule has 2 heterocycles. The topological polar surface area (TPSA) is 86.0 Å². The van der Waals surface area contributed by atoms with Gasteiger partial charge in [-0.1, -0.05) is 17.3 Å². The fourth-order valence-electron chi connectivity index (χ4n) is 3.33. The van der Waals surface area contributed by atoms with Gasteiger partial charge in [0.2, 0.25) is 0 Å². The Hall–Kier alpha value is -2.61. The number of hydrogen-bond donors (Lipinski definition) is 0. The molecule has 0 saturated carbocycles. The monoisotopic (exact) mass is 373 g/mol. The quantitative estimate of drug-likeness (QED) is 0.698. The largest absolute Gasteiger partial charge is 0.334 e. The van der Waals surface area contributed by atoms with E-state index in [1.54, 1.807) is 24.5 Å². The predicted molar refractivity (Wildman–Crippen MR) is 92.4 cm³/mol. The second-order valence-electron chi connectivity index (χ2n) is 6.41. The van der Waals surface area contributed by atoms with Crippen molar-refractivity contribution in [1.82, 2.24) is 15.1 Å². The number of nitrogens with zero attached hydrogens (tertiary/aromatic N) is 3. The molecule has 1 aliphatic carbocycles. The third kappa shape index (κ3) is 3.01. The van der Waals surface area contributed by atoms with E-state index in [0.717, 1.165) is 5.56 Å². The summed E-state index contributed by atoms with van der Waals surface area (Å²) in [5.41, 5.74) is 2.59. The third-order valence-corrected chi connectivity index (χ3v) is 6.53. The lowest BCUT2D eigenvalue weighted by Crippen LogP contribution is -2.14. The normalized spacial score (nSPS) is 16.6. The van der Waals surface area contributed by atoms with Gasteiger partial charge >= 0.3 is 0 Å². The molecule has 1 aliphatic rings. The summed E-state index contributed by atoms with van der Waals surface area (Å²) in [5.74, 6) is -0.388. The van der Waals surface area contributed by atoms with Gasteiger partial charge in [-0.25, -0.2) is 12.8 Å². The van der Waals surface area contributed by atoms with Crippen molar-refractivity contribution in [1.29, 1.82) is 0 Å². The van der Waals surface area contributed by atoms with Gasteiger partial charge in [0.15, 0.2) is 15.7 Å². The highest BCUT2D eigenvalue weighted by Crippen LogP contribution is 2.39. The molecule has 0 radical (unpaired) electrons. The van der Waals surface area contributed by atoms with Crippen molar-refractivity contribution in [2.24, 2.45) is 0 Å². The van der Waals surface area contributed by atoms with E-state index in [-0.39, 0.29) is 23.3 Å². The fraction of sp³-hybridized carbons (Fsp3) is 0.278. The first-order chi connectivity index (χ1) is 12.4. The SMILES string of the molecule is Cc1cncc(-c2nc(CS(=O)(=O)C3CCc4c(F)cccc43)no2)c1. The molecule has 0 amide bonds. The van der Waals surface area contributed by atoms with Crippen molar-refractivity contribution in [2.75, 3.05) is 0 Å². The Labute approximate surface area is 150 Å². The van der Waals surface area contributed by atoms with Gasteiger partial charge < -0.3 is 4.52 Å². The van der Waals surface area contributed by atoms with Crippen molar-refractivity contribution in [3.05, 3.63) is 65.0 Å². The van der Waals surface area contributed by atoms with E-state index in [1.807, 2.05) is 13.0 Å². The molecule has 0 aliphatic heterocycles. The average Bonchev–Trinajstić information content (AvgIpc) is 3.22. The fourth-order valence-corrected chi connectivity index (χ4v) is 5.09. The molecule has 2 aromatic heterocycles. The van der Waals surface area contributed by atoms with Crippen LogP contribution >= 0.6 is 0 Å². The molecular weight excluding hydrogens is 357 g/mol. The van der Waals surface area contributed by atoms with Gasteiger partial charge in [0.05, 0.1) is 10.8 Å². The van der Waals surface area contributed by atoms with Gasteiger partial charge in [0.1, 0.15) is 11.6 Å². The Morgan fingerprint density at radius 3 is 2.96 bits per heavy atom. The molecule has 1 aromatic carbocycles. The summed E-state index contributed by atoms with van der Waals surface area (Å²) in [6.45, 7) is 1.88. The Kier molecular flexibility index (Phi) is 4.07. The minimum absolute atomic E-state index is 0.0892. The summed E-state index contributed by atoms with van der Waals surface area (Å²) in [6.07, 6.45) is 4.06. The second kappa shape index (κ2) is 6.28. The number of hydrogen-bond acceptors (Lipinski definition) is 6. The first-order valence-corrected chi connectivity index (χ1v) is 9.89. The van der Waals surface area contributed by atoms with Crippen LogP contribution in [-0.4, -0.2) is 23.5 Å². The third-order valence-electron chi connectivity index (χ3n) is 4.51. The Morgan fingerprint density at radius 1 is 1.31 bits per heavy atom. The molecule has 4 rings (SSSR count). The van der Waals surface area contributed by atoms with E-state index >= 15 is 0 Å². The summed E-state index contributed by atoms with van der Waals surface area (Å²) in [6, 6.07) is 6.40. The summed E-state index contributed by atoms with van der Waals surface area (Å²) in [5, 5.41) is 3.05. The summed E-state index contributed by atoms with van der Waals surface area (Å²) >= 11 is 0. The summed E-state index contributed by atoms with van der Waals surface area (Å²) in [4.78, 5) is 8.24. The van der Waals surface area contributed by atoms with Gasteiger partial charge in [-0.15, -0.1) is 0 Å². The average molecular weight is 373 g/mol. The Morgan fingerprint density at radius 2 is 2.15 bits per heavy atom. The van der Waals surface area contributed by atoms with Crippen molar-refractivity contribution in [3.8, 4) is 11.5 Å². The molecule has 0 fully saturated rings. The van der Waals surface area contributed by atoms with Crippen LogP contribution in [0.5, 0.6) is 0 Å². The standard InChI is InChI=1S/C18H16FN3O3S/c1-11-7-12(9-20-8-11)18-21-17(22-25-18)10-26(23,24)16-6-5-13-14(16)3-2-4-15(13)19/h2-4,7-9,16H,5-6,10H2,1H3. The summed E-state index contributed by atoms with van der Waals surface area (Å²) in [7, 11) is -3.59. The van der Waals surface area contributed by atoms with Crippen LogP contribution in [0.1, 0.15) is 34.2 Å². The number of rotatable bonds is 4. The van der Waals surface area contributed by atoms with Crippen LogP contribution < -0.4 is 0 Å². The number of aromatic nitrogens is 3. The number of pyridine rings is 1. The molecule has 6 nitrogen and oxygen atoms in total. The molecule has 8 heteroatoms. The van der Waals surface area contributed by atoms with E-state index in [1.165, 1.54) is 6.07 Å². The van der Waals surface area contributed by atoms with Crippen LogP contribution in [0.3, 0.4) is 0 Å². The maximum absolute atomic E-state index is 13.9. The number of fused-ring (bicyclic) bond motifs is 1. The van der Waals surface area contributed by atoms with Crippen molar-refractivity contribution < 1.29 is 17.3 Å². The predicted octanol–water partition coefficient (Wildman–Crippen LogP) is 3.18. The maximum atomic E-state index is 13.9. The van der Waals surface area contributed by atoms with Crippen LogP contribution in [0.2, 0.25) is 0 Å². The zero-order chi connectivity index (χ0) is 18.3. The molecule has 0 spiro atoms. The zero-order valence-electron chi connectivity index (χ0n) is 14.0. The molecule has 1 unspecified atom stereocenters. The van der Waals surface area contributed by atoms with Crippen LogP contribution in [0.4, 0.5) is 4.39 Å². The maximum Gasteiger partial charge on any atom is 0.259 e. The first-order valence-electron chi connectivity index (χ1n) is 8.17. The summed E-state index contributed by atoms with van der Waals surface area (Å²) < 4.78 is 44.7. The van der Waals surface area contributed by atoms with Gasteiger partial charge in [-0.05, 0) is 48.6 Å². The van der Waals surface area contributed by atoms with Crippen molar-refractivity contribution in [2.45, 2.75) is 30.8 Å². The number of benzene rings is 1. The lowest BCUT2D eigenvalue weighted by molar-refractivity contribution is 0.424. The Bertz CT molecular complexity index is 1080. The Balaban J connectivity index is 1.60. The highest BCUT2D eigenvalue weighted by Gasteiger charge is 2.35. The van der Waals surface area contributed by atoms with E-state index in [9.17, 15) is 12.8 Å². The molecule has 1 atom stereocenters. The highest BCUT2D eigenvalue weighted by atomic mass is 32.2. The van der Waals surface area contributed by atoms with Crippen LogP contribution in [0, 0.1) is 12.7 Å². The number of sulfone groups is 1. The lowest BCUT2D eigenvalue weighted by Gasteiger charge is -2.11. The highest BCUT2D eigenvalue weighted by molar-refractivity contribution is 7.90. The van der Waals surface area contributed by atoms with Crippen LogP contribution in [0.25, 0.3) is 11.5 Å². The van der Waals surface area contributed by atoms with E-state index in [0.29, 0.717) is 29.5 Å². The van der Waals surface area contributed by atoms with Gasteiger partial charge in [-0.2, -0.15) is 4.98 Å². The first kappa shape index (κ1) is 16.8. The lowest BCUT2D eigenvalue weighted by atomic mass is 10.1. The number of halogens is 1. The minimum atomic E-state index is -3.59. The molecule has 134 valence electrons. The van der Waals surface area contributed by atoms with E-state index < -0.39 is 15.1 Å². The molecule has 26 heavy (non-hydrogen) atoms. The van der Waals surface area contributed by atoms with Gasteiger partial charge in [0.25, 0.3) is 5.89 Å². The molecule has 0 bridgehead atoms. The van der Waals surface area contributed by atoms with Crippen molar-refractivity contribution in [3.63, 3.8) is 0 Å². The second-order valence-corrected chi connectivity index (χ2v) is 8.59. The molecule has 0 saturated heterocycles. The molecule has 3 aromatic rings. The van der Waals surface area contributed by atoms with Crippen LogP contribution in [0.15, 0.2) is 41.2 Å². The van der Waals surface area contributed by atoms with E-state index in [2.05, 4.69) is 15.1 Å². The van der Waals surface area contributed by atoms with Crippen LogP contribution in [-0.2, 0) is 22.0 Å². The van der Waals surface area contributed by atoms with Gasteiger partial charge in [0, 0.05) is 12.4 Å². The number of aryl methyl sites for hydroxylation is 1. The minimum Gasteiger partial charge on any atom is -0.334 e. The van der Waals surface area contributed by atoms with Crippen molar-refractivity contribution >= 4 is 9.84 Å².